The third-order valence-corrected chi connectivity index (χ3v) is 1.57. The summed E-state index contributed by atoms with van der Waals surface area (Å²) in [6.45, 7) is 9.40. The van der Waals surface area contributed by atoms with Crippen LogP contribution in [0.15, 0.2) is 12.3 Å². The van der Waals surface area contributed by atoms with E-state index in [1.165, 1.54) is 0 Å². The van der Waals surface area contributed by atoms with E-state index in [1.807, 2.05) is 20.8 Å². The molecule has 1 N–H and O–H groups in total. The zero-order chi connectivity index (χ0) is 12.6. The van der Waals surface area contributed by atoms with Gasteiger partial charge in [-0.05, 0) is 19.5 Å². The van der Waals surface area contributed by atoms with E-state index in [2.05, 4.69) is 22.9 Å². The van der Waals surface area contributed by atoms with E-state index in [9.17, 15) is 5.11 Å². The molecule has 0 bridgehead atoms. The summed E-state index contributed by atoms with van der Waals surface area (Å²) in [5.74, 6) is 5.75. The van der Waals surface area contributed by atoms with Crippen LogP contribution in [0.4, 0.5) is 0 Å². The molecule has 1 rings (SSSR count). The molecule has 2 nitrogen and oxygen atoms in total. The summed E-state index contributed by atoms with van der Waals surface area (Å²) in [6, 6.07) is 4.78. The molecule has 0 unspecified atom stereocenters. The molecule has 1 heterocycles. The molecule has 1 aromatic heterocycles. The van der Waals surface area contributed by atoms with Gasteiger partial charge in [0.25, 0.3) is 0 Å². The summed E-state index contributed by atoms with van der Waals surface area (Å²) < 4.78 is 0. The molecule has 0 aliphatic carbocycles. The van der Waals surface area contributed by atoms with Crippen LogP contribution in [0.2, 0.25) is 0 Å². The van der Waals surface area contributed by atoms with E-state index in [0.29, 0.717) is 12.1 Å². The molecular formula is C14H20NOY-. The fourth-order valence-electron chi connectivity index (χ4n) is 0.843. The number of rotatable bonds is 1. The Kier molecular flexibility index (Phi) is 11.0. The van der Waals surface area contributed by atoms with E-state index >= 15 is 0 Å². The van der Waals surface area contributed by atoms with E-state index in [0.717, 1.165) is 5.56 Å². The van der Waals surface area contributed by atoms with Gasteiger partial charge in [-0.2, -0.15) is 6.07 Å². The summed E-state index contributed by atoms with van der Waals surface area (Å²) >= 11 is 0. The molecule has 91 valence electrons. The second kappa shape index (κ2) is 9.77. The second-order valence-corrected chi connectivity index (χ2v) is 3.91. The van der Waals surface area contributed by atoms with E-state index in [-0.39, 0.29) is 32.7 Å². The van der Waals surface area contributed by atoms with Gasteiger partial charge < -0.3 is 10.1 Å². The number of nitrogens with zero attached hydrogens (tertiary/aromatic N) is 1. The predicted molar refractivity (Wildman–Crippen MR) is 67.0 cm³/mol. The molecule has 1 radical (unpaired) electrons. The number of pyridine rings is 1. The van der Waals surface area contributed by atoms with Crippen molar-refractivity contribution < 1.29 is 37.8 Å². The van der Waals surface area contributed by atoms with Gasteiger partial charge in [-0.15, -0.1) is 23.5 Å². The Morgan fingerprint density at radius 1 is 1.41 bits per heavy atom. The fourth-order valence-corrected chi connectivity index (χ4v) is 0.843. The van der Waals surface area contributed by atoms with Crippen LogP contribution in [-0.4, -0.2) is 15.7 Å². The van der Waals surface area contributed by atoms with Gasteiger partial charge in [0.2, 0.25) is 0 Å². The van der Waals surface area contributed by atoms with Crippen LogP contribution in [0, 0.1) is 24.8 Å². The first kappa shape index (κ1) is 19.1. The third kappa shape index (κ3) is 10.6. The van der Waals surface area contributed by atoms with Crippen molar-refractivity contribution >= 4 is 0 Å². The molecule has 3 heteroatoms. The Hall–Kier alpha value is -0.226. The van der Waals surface area contributed by atoms with Crippen molar-refractivity contribution in [1.29, 1.82) is 0 Å². The number of aliphatic hydroxyl groups is 1. The zero-order valence-electron chi connectivity index (χ0n) is 11.3. The summed E-state index contributed by atoms with van der Waals surface area (Å²) in [5.41, 5.74) is 0.958. The SMILES string of the molecule is CC.Cc1[c-]cc(C#CCC(C)(C)O)nc1.[Y]. The van der Waals surface area contributed by atoms with Gasteiger partial charge in [-0.1, -0.05) is 27.0 Å². The molecule has 1 aromatic rings. The average molecular weight is 307 g/mol. The molecule has 0 saturated carbocycles. The van der Waals surface area contributed by atoms with E-state index in [4.69, 9.17) is 0 Å². The Labute approximate surface area is 130 Å². The van der Waals surface area contributed by atoms with Crippen molar-refractivity contribution in [2.24, 2.45) is 0 Å². The van der Waals surface area contributed by atoms with Crippen molar-refractivity contribution in [2.75, 3.05) is 0 Å². The molecule has 0 fully saturated rings. The number of hydrogen-bond donors (Lipinski definition) is 1. The van der Waals surface area contributed by atoms with Crippen LogP contribution in [-0.2, 0) is 32.7 Å². The minimum absolute atomic E-state index is 0. The van der Waals surface area contributed by atoms with Crippen molar-refractivity contribution in [2.45, 2.75) is 46.6 Å². The molecule has 17 heavy (non-hydrogen) atoms. The first-order valence-corrected chi connectivity index (χ1v) is 5.53. The van der Waals surface area contributed by atoms with Gasteiger partial charge in [-0.25, -0.2) is 0 Å². The van der Waals surface area contributed by atoms with Crippen molar-refractivity contribution in [3.05, 3.63) is 29.6 Å². The van der Waals surface area contributed by atoms with E-state index < -0.39 is 5.60 Å². The van der Waals surface area contributed by atoms with Crippen molar-refractivity contribution in [3.63, 3.8) is 0 Å². The van der Waals surface area contributed by atoms with Gasteiger partial charge in [0.15, 0.2) is 0 Å². The number of aryl methyl sites for hydroxylation is 1. The molecule has 0 aliphatic rings. The smallest absolute Gasteiger partial charge is 0.0700 e. The standard InChI is InChI=1S/C12H14NO.C2H6.Y/c1-10-6-7-11(13-9-10)5-4-8-12(2,3)14;1-2;/h7,9,14H,8H2,1-3H3;1-2H3;/q-1;;. The zero-order valence-corrected chi connectivity index (χ0v) is 14.2. The maximum absolute atomic E-state index is 9.41. The Morgan fingerprint density at radius 2 is 2.00 bits per heavy atom. The fraction of sp³-hybridized carbons (Fsp3) is 0.500. The van der Waals surface area contributed by atoms with Crippen molar-refractivity contribution in [3.8, 4) is 11.8 Å². The van der Waals surface area contributed by atoms with Gasteiger partial charge in [-0.3, -0.25) is 0 Å². The summed E-state index contributed by atoms with van der Waals surface area (Å²) in [5, 5.41) is 9.41. The third-order valence-electron chi connectivity index (χ3n) is 1.57. The average Bonchev–Trinajstić information content (AvgIpc) is 2.22. The van der Waals surface area contributed by atoms with Gasteiger partial charge in [0.05, 0.1) is 5.60 Å². The van der Waals surface area contributed by atoms with Gasteiger partial charge in [0, 0.05) is 39.1 Å². The molecule has 0 saturated heterocycles. The van der Waals surface area contributed by atoms with Crippen molar-refractivity contribution in [1.82, 2.24) is 4.98 Å². The van der Waals surface area contributed by atoms with Gasteiger partial charge in [0.1, 0.15) is 0 Å². The summed E-state index contributed by atoms with van der Waals surface area (Å²) in [7, 11) is 0. The molecule has 0 atom stereocenters. The first-order valence-electron chi connectivity index (χ1n) is 5.53. The largest absolute Gasteiger partial charge is 0.389 e. The number of aromatic nitrogens is 1. The molecule has 0 aromatic carbocycles. The van der Waals surface area contributed by atoms with Crippen LogP contribution >= 0.6 is 0 Å². The predicted octanol–water partition coefficient (Wildman–Crippen LogP) is 2.73. The van der Waals surface area contributed by atoms with Crippen LogP contribution in [0.3, 0.4) is 0 Å². The second-order valence-electron chi connectivity index (χ2n) is 3.91. The Morgan fingerprint density at radius 3 is 2.41 bits per heavy atom. The number of hydrogen-bond acceptors (Lipinski definition) is 2. The molecule has 0 amide bonds. The maximum Gasteiger partial charge on any atom is 0.0700 e. The minimum atomic E-state index is -0.735. The summed E-state index contributed by atoms with van der Waals surface area (Å²) in [6.07, 6.45) is 2.18. The quantitative estimate of drug-likeness (QED) is 0.639. The first-order chi connectivity index (χ1) is 7.47. The molecule has 0 aliphatic heterocycles. The monoisotopic (exact) mass is 307 g/mol. The van der Waals surface area contributed by atoms with Crippen LogP contribution in [0.5, 0.6) is 0 Å². The maximum atomic E-state index is 9.41. The summed E-state index contributed by atoms with van der Waals surface area (Å²) in [4.78, 5) is 4.11. The normalized spacial score (nSPS) is 9.06. The minimum Gasteiger partial charge on any atom is -0.389 e. The Bertz CT molecular complexity index is 355. The molecule has 0 spiro atoms. The van der Waals surface area contributed by atoms with E-state index in [1.54, 1.807) is 26.1 Å². The van der Waals surface area contributed by atoms with Crippen LogP contribution in [0.1, 0.15) is 45.4 Å². The van der Waals surface area contributed by atoms with Gasteiger partial charge >= 0.3 is 0 Å². The Balaban J connectivity index is 0. The molecular weight excluding hydrogens is 287 g/mol. The van der Waals surface area contributed by atoms with Crippen LogP contribution < -0.4 is 0 Å². The van der Waals surface area contributed by atoms with Crippen LogP contribution in [0.25, 0.3) is 0 Å². The topological polar surface area (TPSA) is 33.1 Å².